The van der Waals surface area contributed by atoms with Crippen LogP contribution in [0.15, 0.2) is 10.6 Å². The number of carbonyl (C=O) groups is 3. The maximum atomic E-state index is 12.5. The van der Waals surface area contributed by atoms with Gasteiger partial charge in [0.25, 0.3) is 5.91 Å². The van der Waals surface area contributed by atoms with Crippen molar-refractivity contribution in [3.8, 4) is 0 Å². The zero-order valence-corrected chi connectivity index (χ0v) is 17.3. The fourth-order valence-corrected chi connectivity index (χ4v) is 4.31. The Labute approximate surface area is 167 Å². The van der Waals surface area contributed by atoms with Gasteiger partial charge in [0.15, 0.2) is 5.60 Å². The van der Waals surface area contributed by atoms with Gasteiger partial charge in [-0.3, -0.25) is 9.59 Å². The van der Waals surface area contributed by atoms with Gasteiger partial charge in [-0.25, -0.2) is 0 Å². The standard InChI is InChI=1S/C15H22N2O5S.Na/c1-4-15(22-3)11-6-5-10(23-8-7-16-9(2)18)12(13(19)20)17(11)14(15)21;/h11H,4-8H2,1-3H3,(H,16,18)(H,19,20);/q;+1/p-1/t11-,15+;/m1./s1. The van der Waals surface area contributed by atoms with Crippen LogP contribution in [0.1, 0.15) is 33.1 Å². The van der Waals surface area contributed by atoms with Gasteiger partial charge in [-0.1, -0.05) is 6.92 Å². The summed E-state index contributed by atoms with van der Waals surface area (Å²) in [6.45, 7) is 3.73. The molecule has 0 aromatic heterocycles. The molecule has 2 aliphatic heterocycles. The molecule has 24 heavy (non-hydrogen) atoms. The minimum Gasteiger partial charge on any atom is -0.543 e. The zero-order chi connectivity index (χ0) is 17.2. The quantitative estimate of drug-likeness (QED) is 0.288. The average Bonchev–Trinajstić information content (AvgIpc) is 2.51. The van der Waals surface area contributed by atoms with E-state index in [1.54, 1.807) is 0 Å². The fourth-order valence-electron chi connectivity index (χ4n) is 3.28. The van der Waals surface area contributed by atoms with Crippen molar-refractivity contribution in [3.05, 3.63) is 10.6 Å². The first-order chi connectivity index (χ1) is 10.9. The molecule has 0 aromatic rings. The summed E-state index contributed by atoms with van der Waals surface area (Å²) < 4.78 is 5.41. The van der Waals surface area contributed by atoms with Crippen LogP contribution >= 0.6 is 11.8 Å². The van der Waals surface area contributed by atoms with Crippen LogP contribution in [0.4, 0.5) is 0 Å². The molecule has 1 saturated heterocycles. The van der Waals surface area contributed by atoms with E-state index in [4.69, 9.17) is 4.74 Å². The first-order valence-electron chi connectivity index (χ1n) is 7.59. The summed E-state index contributed by atoms with van der Waals surface area (Å²) in [5.74, 6) is -1.24. The van der Waals surface area contributed by atoms with Gasteiger partial charge in [-0.2, -0.15) is 0 Å². The predicted octanol–water partition coefficient (Wildman–Crippen LogP) is -3.38. The minimum atomic E-state index is -1.34. The van der Waals surface area contributed by atoms with E-state index in [0.29, 0.717) is 36.5 Å². The number of β-lactam (4-membered cyclic amide) rings is 1. The third-order valence-electron chi connectivity index (χ3n) is 4.42. The van der Waals surface area contributed by atoms with E-state index in [9.17, 15) is 19.5 Å². The number of carboxylic acid groups (broad SMARTS) is 1. The summed E-state index contributed by atoms with van der Waals surface area (Å²) in [6, 6.07) is -0.252. The second-order valence-corrected chi connectivity index (χ2v) is 6.76. The number of carbonyl (C=O) groups excluding carboxylic acids is 3. The van der Waals surface area contributed by atoms with Gasteiger partial charge < -0.3 is 24.9 Å². The molecule has 0 bridgehead atoms. The molecule has 2 rings (SSSR count). The predicted molar refractivity (Wildman–Crippen MR) is 83.1 cm³/mol. The van der Waals surface area contributed by atoms with Crippen molar-refractivity contribution in [1.82, 2.24) is 10.2 Å². The van der Waals surface area contributed by atoms with Crippen molar-refractivity contribution in [1.29, 1.82) is 0 Å². The van der Waals surface area contributed by atoms with E-state index in [0.717, 1.165) is 0 Å². The molecule has 0 aliphatic carbocycles. The molecule has 2 heterocycles. The number of thioether (sulfide) groups is 1. The van der Waals surface area contributed by atoms with E-state index >= 15 is 0 Å². The Morgan fingerprint density at radius 3 is 2.67 bits per heavy atom. The summed E-state index contributed by atoms with van der Waals surface area (Å²) in [5, 5.41) is 14.2. The largest absolute Gasteiger partial charge is 1.00 e. The number of ether oxygens (including phenoxy) is 1. The van der Waals surface area contributed by atoms with Crippen molar-refractivity contribution in [3.63, 3.8) is 0 Å². The molecule has 9 heteroatoms. The van der Waals surface area contributed by atoms with Gasteiger partial charge in [0.05, 0.1) is 17.7 Å². The van der Waals surface area contributed by atoms with Gasteiger partial charge >= 0.3 is 29.6 Å². The van der Waals surface area contributed by atoms with Crippen LogP contribution in [-0.4, -0.2) is 53.7 Å². The molecule has 2 atom stereocenters. The number of hydrogen-bond acceptors (Lipinski definition) is 6. The van der Waals surface area contributed by atoms with Gasteiger partial charge in [0, 0.05) is 31.2 Å². The number of allylic oxidation sites excluding steroid dienone is 1. The normalized spacial score (nSPS) is 25.5. The third kappa shape index (κ3) is 3.67. The van der Waals surface area contributed by atoms with Crippen molar-refractivity contribution >= 4 is 29.5 Å². The smallest absolute Gasteiger partial charge is 0.543 e. The number of carboxylic acids is 1. The summed E-state index contributed by atoms with van der Waals surface area (Å²) in [6.07, 6.45) is 1.73. The van der Waals surface area contributed by atoms with E-state index in [1.165, 1.54) is 30.7 Å². The molecule has 1 fully saturated rings. The number of hydrogen-bond donors (Lipinski definition) is 1. The SMILES string of the molecule is CC[C@@]1(OC)C(=O)N2C(C(=O)[O-])=C(SCCNC(C)=O)CC[C@@H]21.[Na+]. The topological polar surface area (TPSA) is 98.8 Å². The summed E-state index contributed by atoms with van der Waals surface area (Å²) >= 11 is 1.34. The third-order valence-corrected chi connectivity index (χ3v) is 5.57. The maximum Gasteiger partial charge on any atom is 1.00 e. The molecule has 128 valence electrons. The number of methoxy groups -OCH3 is 1. The van der Waals surface area contributed by atoms with Crippen LogP contribution in [0, 0.1) is 0 Å². The Morgan fingerprint density at radius 1 is 1.50 bits per heavy atom. The molecule has 0 aromatic carbocycles. The molecular formula is C15H21N2NaO5S. The Bertz CT molecular complexity index is 562. The maximum absolute atomic E-state index is 12.5. The number of rotatable bonds is 7. The molecule has 0 unspecified atom stereocenters. The molecule has 0 saturated carbocycles. The second kappa shape index (κ2) is 8.71. The van der Waals surface area contributed by atoms with Crippen molar-refractivity contribution in [2.75, 3.05) is 19.4 Å². The summed E-state index contributed by atoms with van der Waals surface area (Å²) in [4.78, 5) is 36.8. The molecule has 0 radical (unpaired) electrons. The first-order valence-corrected chi connectivity index (χ1v) is 8.58. The van der Waals surface area contributed by atoms with Crippen molar-refractivity contribution < 1.29 is 53.8 Å². The number of fused-ring (bicyclic) bond motifs is 1. The van der Waals surface area contributed by atoms with E-state index in [2.05, 4.69) is 5.32 Å². The van der Waals surface area contributed by atoms with E-state index in [1.807, 2.05) is 6.92 Å². The second-order valence-electron chi connectivity index (χ2n) is 5.57. The Morgan fingerprint density at radius 2 is 2.17 bits per heavy atom. The molecule has 0 spiro atoms. The number of aliphatic carboxylic acids is 1. The van der Waals surface area contributed by atoms with Crippen LogP contribution in [0.5, 0.6) is 0 Å². The van der Waals surface area contributed by atoms with Crippen molar-refractivity contribution in [2.24, 2.45) is 0 Å². The summed E-state index contributed by atoms with van der Waals surface area (Å²) in [5.41, 5.74) is -0.951. The summed E-state index contributed by atoms with van der Waals surface area (Å²) in [7, 11) is 1.48. The van der Waals surface area contributed by atoms with Crippen LogP contribution in [-0.2, 0) is 19.1 Å². The van der Waals surface area contributed by atoms with Crippen molar-refractivity contribution in [2.45, 2.75) is 44.8 Å². The first kappa shape index (κ1) is 21.5. The van der Waals surface area contributed by atoms with Gasteiger partial charge in [-0.15, -0.1) is 11.8 Å². The molecule has 2 aliphatic rings. The van der Waals surface area contributed by atoms with Gasteiger partial charge in [-0.05, 0) is 19.3 Å². The van der Waals surface area contributed by atoms with E-state index < -0.39 is 11.6 Å². The number of amides is 2. The van der Waals surface area contributed by atoms with Crippen LogP contribution in [0.3, 0.4) is 0 Å². The van der Waals surface area contributed by atoms with Crippen LogP contribution < -0.4 is 40.0 Å². The Kier molecular flexibility index (Phi) is 7.80. The minimum absolute atomic E-state index is 0. The number of nitrogens with one attached hydrogen (secondary N) is 1. The monoisotopic (exact) mass is 364 g/mol. The molecule has 2 amide bonds. The molecular weight excluding hydrogens is 343 g/mol. The Hall–Kier alpha value is -0.540. The molecule has 7 nitrogen and oxygen atoms in total. The van der Waals surface area contributed by atoms with Gasteiger partial charge in [0.1, 0.15) is 0 Å². The van der Waals surface area contributed by atoms with E-state index in [-0.39, 0.29) is 53.1 Å². The Balaban J connectivity index is 0.00000288. The fraction of sp³-hybridized carbons (Fsp3) is 0.667. The van der Waals surface area contributed by atoms with Crippen LogP contribution in [0.2, 0.25) is 0 Å². The molecule has 1 N–H and O–H groups in total. The van der Waals surface area contributed by atoms with Crippen LogP contribution in [0.25, 0.3) is 0 Å². The van der Waals surface area contributed by atoms with Gasteiger partial charge in [0.2, 0.25) is 5.91 Å². The zero-order valence-electron chi connectivity index (χ0n) is 14.5. The average molecular weight is 364 g/mol. The number of nitrogens with zero attached hydrogens (tertiary/aromatic N) is 1.